The Bertz CT molecular complexity index is 742. The molecule has 1 saturated heterocycles. The summed E-state index contributed by atoms with van der Waals surface area (Å²) in [6.07, 6.45) is 1.69. The molecule has 0 radical (unpaired) electrons. The number of nitrogens with one attached hydrogen (secondary N) is 1. The molecule has 2 aliphatic rings. The van der Waals surface area contributed by atoms with Crippen molar-refractivity contribution in [1.82, 2.24) is 10.2 Å². The summed E-state index contributed by atoms with van der Waals surface area (Å²) in [4.78, 5) is 15.0. The van der Waals surface area contributed by atoms with E-state index in [-0.39, 0.29) is 11.3 Å². The highest BCUT2D eigenvalue weighted by atomic mass is 35.5. The first-order chi connectivity index (χ1) is 11.1. The average Bonchev–Trinajstić information content (AvgIpc) is 3.10. The number of carbonyl (C=O) groups is 1. The van der Waals surface area contributed by atoms with Crippen LogP contribution in [0.4, 0.5) is 0 Å². The monoisotopic (exact) mass is 330 g/mol. The molecule has 1 aromatic heterocycles. The third-order valence-corrected chi connectivity index (χ3v) is 5.21. The van der Waals surface area contributed by atoms with Crippen LogP contribution in [0.5, 0.6) is 0 Å². The molecule has 1 fully saturated rings. The van der Waals surface area contributed by atoms with Crippen LogP contribution >= 0.6 is 11.6 Å². The molecule has 3 heterocycles. The van der Waals surface area contributed by atoms with Gasteiger partial charge in [-0.25, -0.2) is 0 Å². The first-order valence-electron chi connectivity index (χ1n) is 7.96. The van der Waals surface area contributed by atoms with Gasteiger partial charge in [-0.1, -0.05) is 24.3 Å². The predicted octanol–water partition coefficient (Wildman–Crippen LogP) is 3.00. The number of benzene rings is 1. The summed E-state index contributed by atoms with van der Waals surface area (Å²) in [5.41, 5.74) is 2.19. The van der Waals surface area contributed by atoms with Crippen LogP contribution in [0.1, 0.15) is 23.3 Å². The van der Waals surface area contributed by atoms with Gasteiger partial charge in [-0.05, 0) is 54.2 Å². The standard InChI is InChI=1S/C18H19ClN2O2/c19-16-6-5-15(23-16)11-21-8-7-18(12-21)9-13-3-1-2-4-14(13)10-20-17(18)22/h1-6H,7-12H2,(H,20,22). The topological polar surface area (TPSA) is 45.5 Å². The molecule has 1 atom stereocenters. The zero-order chi connectivity index (χ0) is 15.9. The van der Waals surface area contributed by atoms with Crippen LogP contribution < -0.4 is 5.32 Å². The van der Waals surface area contributed by atoms with Crippen LogP contribution in [0, 0.1) is 5.41 Å². The minimum Gasteiger partial charge on any atom is -0.448 e. The second-order valence-electron chi connectivity index (χ2n) is 6.57. The molecule has 23 heavy (non-hydrogen) atoms. The zero-order valence-electron chi connectivity index (χ0n) is 12.8. The Kier molecular flexibility index (Phi) is 3.66. The van der Waals surface area contributed by atoms with Gasteiger partial charge in [0.15, 0.2) is 5.22 Å². The van der Waals surface area contributed by atoms with E-state index in [2.05, 4.69) is 28.4 Å². The number of amides is 1. The lowest BCUT2D eigenvalue weighted by Crippen LogP contribution is -2.42. The molecule has 1 unspecified atom stereocenters. The number of nitrogens with zero attached hydrogens (tertiary/aromatic N) is 1. The van der Waals surface area contributed by atoms with E-state index in [0.717, 1.165) is 31.7 Å². The first-order valence-corrected chi connectivity index (χ1v) is 8.34. The lowest BCUT2D eigenvalue weighted by molar-refractivity contribution is -0.130. The van der Waals surface area contributed by atoms with E-state index >= 15 is 0 Å². The third kappa shape index (κ3) is 2.77. The average molecular weight is 331 g/mol. The SMILES string of the molecule is O=C1NCc2ccccc2CC12CCN(Cc1ccc(Cl)o1)C2. The number of halogens is 1. The van der Waals surface area contributed by atoms with Gasteiger partial charge in [0.05, 0.1) is 12.0 Å². The number of hydrogen-bond donors (Lipinski definition) is 1. The van der Waals surface area contributed by atoms with E-state index in [1.54, 1.807) is 6.07 Å². The Balaban J connectivity index is 1.55. The van der Waals surface area contributed by atoms with Crippen LogP contribution in [0.15, 0.2) is 40.8 Å². The largest absolute Gasteiger partial charge is 0.448 e. The fourth-order valence-corrected chi connectivity index (χ4v) is 3.95. The van der Waals surface area contributed by atoms with Crippen LogP contribution in [0.2, 0.25) is 5.22 Å². The van der Waals surface area contributed by atoms with E-state index in [9.17, 15) is 4.79 Å². The van der Waals surface area contributed by atoms with Crippen molar-refractivity contribution in [2.45, 2.75) is 25.9 Å². The zero-order valence-corrected chi connectivity index (χ0v) is 13.6. The van der Waals surface area contributed by atoms with Gasteiger partial charge in [-0.3, -0.25) is 9.69 Å². The van der Waals surface area contributed by atoms with E-state index in [1.165, 1.54) is 11.1 Å². The van der Waals surface area contributed by atoms with Crippen molar-refractivity contribution < 1.29 is 9.21 Å². The maximum atomic E-state index is 12.7. The van der Waals surface area contributed by atoms with Gasteiger partial charge < -0.3 is 9.73 Å². The minimum atomic E-state index is -0.330. The quantitative estimate of drug-likeness (QED) is 0.920. The molecule has 0 saturated carbocycles. The van der Waals surface area contributed by atoms with Gasteiger partial charge >= 0.3 is 0 Å². The summed E-state index contributed by atoms with van der Waals surface area (Å²) in [5.74, 6) is 1.02. The highest BCUT2D eigenvalue weighted by molar-refractivity contribution is 6.28. The Morgan fingerprint density at radius 3 is 2.83 bits per heavy atom. The maximum absolute atomic E-state index is 12.7. The van der Waals surface area contributed by atoms with Crippen molar-refractivity contribution >= 4 is 17.5 Å². The van der Waals surface area contributed by atoms with Crippen molar-refractivity contribution in [1.29, 1.82) is 0 Å². The Hall–Kier alpha value is -1.78. The van der Waals surface area contributed by atoms with E-state index in [0.29, 0.717) is 18.3 Å². The third-order valence-electron chi connectivity index (χ3n) is 5.01. The van der Waals surface area contributed by atoms with Crippen LogP contribution in [0.25, 0.3) is 0 Å². The van der Waals surface area contributed by atoms with Crippen molar-refractivity contribution in [3.8, 4) is 0 Å². The molecule has 1 amide bonds. The normalized spacial score (nSPS) is 24.5. The molecule has 2 aliphatic heterocycles. The molecule has 1 aromatic carbocycles. The Labute approximate surface area is 140 Å². The second-order valence-corrected chi connectivity index (χ2v) is 6.95. The molecule has 4 rings (SSSR count). The van der Waals surface area contributed by atoms with Gasteiger partial charge in [0.25, 0.3) is 0 Å². The van der Waals surface area contributed by atoms with Crippen molar-refractivity contribution in [3.63, 3.8) is 0 Å². The smallest absolute Gasteiger partial charge is 0.228 e. The number of carbonyl (C=O) groups excluding carboxylic acids is 1. The van der Waals surface area contributed by atoms with Gasteiger partial charge in [-0.15, -0.1) is 0 Å². The van der Waals surface area contributed by atoms with E-state index in [4.69, 9.17) is 16.0 Å². The van der Waals surface area contributed by atoms with E-state index in [1.807, 2.05) is 12.1 Å². The second kappa shape index (κ2) is 5.69. The highest BCUT2D eigenvalue weighted by Crippen LogP contribution is 2.37. The van der Waals surface area contributed by atoms with Gasteiger partial charge in [0.1, 0.15) is 5.76 Å². The van der Waals surface area contributed by atoms with E-state index < -0.39 is 0 Å². The summed E-state index contributed by atoms with van der Waals surface area (Å²) in [5, 5.41) is 3.52. The molecule has 1 N–H and O–H groups in total. The number of furan rings is 1. The molecule has 1 spiro atoms. The summed E-state index contributed by atoms with van der Waals surface area (Å²) < 4.78 is 5.45. The Morgan fingerprint density at radius 1 is 1.22 bits per heavy atom. The van der Waals surface area contributed by atoms with Crippen LogP contribution in [0.3, 0.4) is 0 Å². The Morgan fingerprint density at radius 2 is 2.04 bits per heavy atom. The van der Waals surface area contributed by atoms with Gasteiger partial charge in [0.2, 0.25) is 5.91 Å². The summed E-state index contributed by atoms with van der Waals surface area (Å²) >= 11 is 5.84. The number of fused-ring (bicyclic) bond motifs is 1. The molecular formula is C18H19ClN2O2. The molecule has 0 aliphatic carbocycles. The molecule has 0 bridgehead atoms. The van der Waals surface area contributed by atoms with Gasteiger partial charge in [0, 0.05) is 13.1 Å². The molecule has 4 nitrogen and oxygen atoms in total. The lowest BCUT2D eigenvalue weighted by atomic mass is 9.80. The molecule has 2 aromatic rings. The number of likely N-dealkylation sites (tertiary alicyclic amines) is 1. The summed E-state index contributed by atoms with van der Waals surface area (Å²) in [7, 11) is 0. The first kappa shape index (κ1) is 14.8. The van der Waals surface area contributed by atoms with Crippen molar-refractivity contribution in [2.75, 3.05) is 13.1 Å². The fourth-order valence-electron chi connectivity index (χ4n) is 3.79. The summed E-state index contributed by atoms with van der Waals surface area (Å²) in [6.45, 7) is 2.98. The van der Waals surface area contributed by atoms with Gasteiger partial charge in [-0.2, -0.15) is 0 Å². The highest BCUT2D eigenvalue weighted by Gasteiger charge is 2.45. The number of rotatable bonds is 2. The fraction of sp³-hybridized carbons (Fsp3) is 0.389. The van der Waals surface area contributed by atoms with Crippen LogP contribution in [-0.4, -0.2) is 23.9 Å². The number of hydrogen-bond acceptors (Lipinski definition) is 3. The maximum Gasteiger partial charge on any atom is 0.228 e. The minimum absolute atomic E-state index is 0.175. The predicted molar refractivity (Wildman–Crippen MR) is 88.0 cm³/mol. The van der Waals surface area contributed by atoms with Crippen molar-refractivity contribution in [2.24, 2.45) is 5.41 Å². The van der Waals surface area contributed by atoms with Crippen LogP contribution in [-0.2, 0) is 24.3 Å². The molecule has 5 heteroatoms. The molecular weight excluding hydrogens is 312 g/mol. The van der Waals surface area contributed by atoms with Crippen molar-refractivity contribution in [3.05, 3.63) is 58.5 Å². The summed E-state index contributed by atoms with van der Waals surface area (Å²) in [6, 6.07) is 12.0. The molecule has 120 valence electrons. The lowest BCUT2D eigenvalue weighted by Gasteiger charge is -2.26.